The first-order valence-corrected chi connectivity index (χ1v) is 12.4. The first kappa shape index (κ1) is 23.7. The van der Waals surface area contributed by atoms with Gasteiger partial charge in [-0.25, -0.2) is 4.79 Å². The Labute approximate surface area is 205 Å². The van der Waals surface area contributed by atoms with Gasteiger partial charge in [0.2, 0.25) is 5.91 Å². The quantitative estimate of drug-likeness (QED) is 0.427. The molecule has 0 spiro atoms. The molecule has 0 bridgehead atoms. The number of para-hydroxylation sites is 2. The predicted octanol–water partition coefficient (Wildman–Crippen LogP) is 5.03. The third-order valence-electron chi connectivity index (χ3n) is 5.65. The summed E-state index contributed by atoms with van der Waals surface area (Å²) >= 11 is 1.79. The molecule has 0 aliphatic carbocycles. The van der Waals surface area contributed by atoms with Crippen LogP contribution in [0.3, 0.4) is 0 Å². The fraction of sp³-hybridized carbons (Fsp3) is 0.259. The lowest BCUT2D eigenvalue weighted by Crippen LogP contribution is -2.39. The number of anilines is 2. The number of hydrogen-bond acceptors (Lipinski definition) is 4. The van der Waals surface area contributed by atoms with Crippen molar-refractivity contribution in [2.45, 2.75) is 29.2 Å². The van der Waals surface area contributed by atoms with Crippen molar-refractivity contribution in [3.05, 3.63) is 84.4 Å². The smallest absolute Gasteiger partial charge is 0.317 e. The molecule has 34 heavy (non-hydrogen) atoms. The summed E-state index contributed by atoms with van der Waals surface area (Å²) in [5.41, 5.74) is 3.48. The maximum atomic E-state index is 12.2. The Hall–Kier alpha value is -3.45. The summed E-state index contributed by atoms with van der Waals surface area (Å²) in [4.78, 5) is 30.9. The average molecular weight is 475 g/mol. The molecule has 0 atom stereocenters. The van der Waals surface area contributed by atoms with E-state index in [1.807, 2.05) is 30.3 Å². The second kappa shape index (κ2) is 11.6. The lowest BCUT2D eigenvalue weighted by atomic mass is 10.2. The molecule has 1 heterocycles. The lowest BCUT2D eigenvalue weighted by molar-refractivity contribution is -0.120. The van der Waals surface area contributed by atoms with E-state index < -0.39 is 0 Å². The van der Waals surface area contributed by atoms with Gasteiger partial charge >= 0.3 is 6.03 Å². The molecule has 6 nitrogen and oxygen atoms in total. The lowest BCUT2D eigenvalue weighted by Gasteiger charge is -2.32. The van der Waals surface area contributed by atoms with Gasteiger partial charge in [0.05, 0.1) is 11.4 Å². The van der Waals surface area contributed by atoms with Gasteiger partial charge in [-0.15, -0.1) is 0 Å². The summed E-state index contributed by atoms with van der Waals surface area (Å²) in [5.74, 6) is -0.0546. The molecule has 0 saturated carbocycles. The van der Waals surface area contributed by atoms with E-state index in [1.54, 1.807) is 23.7 Å². The zero-order chi connectivity index (χ0) is 23.8. The van der Waals surface area contributed by atoms with Gasteiger partial charge in [0.25, 0.3) is 0 Å². The summed E-state index contributed by atoms with van der Waals surface area (Å²) in [7, 11) is 1.75. The number of urea groups is 1. The van der Waals surface area contributed by atoms with Crippen LogP contribution in [0.1, 0.15) is 18.4 Å². The topological polar surface area (TPSA) is 64.7 Å². The maximum absolute atomic E-state index is 12.2. The SMILES string of the molecule is CN(Cc1ccccc1)C(=O)NCCC(=O)NCCCN1c2ccccc2Sc2ccccc21. The molecule has 0 fully saturated rings. The van der Waals surface area contributed by atoms with Gasteiger partial charge in [-0.2, -0.15) is 0 Å². The van der Waals surface area contributed by atoms with Crippen molar-refractivity contribution in [1.82, 2.24) is 15.5 Å². The fourth-order valence-electron chi connectivity index (χ4n) is 3.92. The summed E-state index contributed by atoms with van der Waals surface area (Å²) in [5, 5.41) is 5.79. The van der Waals surface area contributed by atoms with Crippen LogP contribution in [0, 0.1) is 0 Å². The Morgan fingerprint density at radius 2 is 1.44 bits per heavy atom. The Kier molecular flexibility index (Phi) is 8.09. The number of nitrogens with one attached hydrogen (secondary N) is 2. The Morgan fingerprint density at radius 3 is 2.12 bits per heavy atom. The Bertz CT molecular complexity index is 1080. The molecule has 3 amide bonds. The number of nitrogens with zero attached hydrogens (tertiary/aromatic N) is 2. The average Bonchev–Trinajstić information content (AvgIpc) is 2.86. The molecule has 3 aromatic rings. The number of carbonyl (C=O) groups excluding carboxylic acids is 2. The highest BCUT2D eigenvalue weighted by Crippen LogP contribution is 2.47. The Morgan fingerprint density at radius 1 is 0.824 bits per heavy atom. The minimum Gasteiger partial charge on any atom is -0.356 e. The highest BCUT2D eigenvalue weighted by molar-refractivity contribution is 7.99. The van der Waals surface area contributed by atoms with Gasteiger partial charge < -0.3 is 20.4 Å². The van der Waals surface area contributed by atoms with E-state index in [0.717, 1.165) is 18.5 Å². The second-order valence-corrected chi connectivity index (χ2v) is 9.30. The van der Waals surface area contributed by atoms with Crippen LogP contribution >= 0.6 is 11.8 Å². The second-order valence-electron chi connectivity index (χ2n) is 8.22. The van der Waals surface area contributed by atoms with Crippen LogP contribution in [-0.4, -0.2) is 43.5 Å². The number of carbonyl (C=O) groups is 2. The summed E-state index contributed by atoms with van der Waals surface area (Å²) in [6, 6.07) is 26.5. The molecule has 3 aromatic carbocycles. The summed E-state index contributed by atoms with van der Waals surface area (Å²) < 4.78 is 0. The van der Waals surface area contributed by atoms with E-state index in [1.165, 1.54) is 21.2 Å². The van der Waals surface area contributed by atoms with Crippen molar-refractivity contribution >= 4 is 35.1 Å². The molecule has 2 N–H and O–H groups in total. The van der Waals surface area contributed by atoms with Crippen molar-refractivity contribution in [2.75, 3.05) is 31.6 Å². The molecule has 1 aliphatic rings. The van der Waals surface area contributed by atoms with Gasteiger partial charge in [0.1, 0.15) is 0 Å². The Balaban J connectivity index is 1.18. The van der Waals surface area contributed by atoms with Crippen LogP contribution in [0.15, 0.2) is 88.7 Å². The van der Waals surface area contributed by atoms with Gasteiger partial charge in [-0.3, -0.25) is 4.79 Å². The van der Waals surface area contributed by atoms with Gasteiger partial charge in [0.15, 0.2) is 0 Å². The maximum Gasteiger partial charge on any atom is 0.317 e. The number of hydrogen-bond donors (Lipinski definition) is 2. The van der Waals surface area contributed by atoms with Crippen LogP contribution in [0.25, 0.3) is 0 Å². The zero-order valence-corrected chi connectivity index (χ0v) is 20.2. The molecule has 1 aliphatic heterocycles. The van der Waals surface area contributed by atoms with Gasteiger partial charge in [-0.1, -0.05) is 66.4 Å². The summed E-state index contributed by atoms with van der Waals surface area (Å²) in [6.45, 7) is 2.25. The van der Waals surface area contributed by atoms with Crippen LogP contribution in [0.4, 0.5) is 16.2 Å². The van der Waals surface area contributed by atoms with E-state index in [2.05, 4.69) is 64.1 Å². The highest BCUT2D eigenvalue weighted by atomic mass is 32.2. The van der Waals surface area contributed by atoms with E-state index in [0.29, 0.717) is 19.6 Å². The standard InChI is InChI=1S/C27H30N4O2S/c1-30(20-21-10-3-2-4-11-21)27(33)29-18-16-26(32)28-17-9-19-31-22-12-5-7-14-24(22)34-25-15-8-6-13-23(25)31/h2-8,10-15H,9,16-20H2,1H3,(H,28,32)(H,29,33). The molecule has 0 aromatic heterocycles. The van der Waals surface area contributed by atoms with Crippen molar-refractivity contribution in [1.29, 1.82) is 0 Å². The largest absolute Gasteiger partial charge is 0.356 e. The first-order chi connectivity index (χ1) is 16.6. The predicted molar refractivity (Wildman–Crippen MR) is 138 cm³/mol. The van der Waals surface area contributed by atoms with Crippen LogP contribution in [0.2, 0.25) is 0 Å². The van der Waals surface area contributed by atoms with E-state index in [4.69, 9.17) is 0 Å². The zero-order valence-electron chi connectivity index (χ0n) is 19.4. The van der Waals surface area contributed by atoms with Crippen molar-refractivity contribution in [3.63, 3.8) is 0 Å². The number of fused-ring (bicyclic) bond motifs is 2. The molecular weight excluding hydrogens is 444 g/mol. The van der Waals surface area contributed by atoms with Crippen LogP contribution in [0.5, 0.6) is 0 Å². The molecule has 7 heteroatoms. The monoisotopic (exact) mass is 474 g/mol. The van der Waals surface area contributed by atoms with Crippen molar-refractivity contribution in [2.24, 2.45) is 0 Å². The molecule has 0 saturated heterocycles. The normalized spacial score (nSPS) is 11.9. The third kappa shape index (κ3) is 6.11. The fourth-order valence-corrected chi connectivity index (χ4v) is 5.02. The number of benzene rings is 3. The first-order valence-electron chi connectivity index (χ1n) is 11.5. The van der Waals surface area contributed by atoms with Gasteiger partial charge in [-0.05, 0) is 36.2 Å². The van der Waals surface area contributed by atoms with Crippen LogP contribution < -0.4 is 15.5 Å². The molecule has 176 valence electrons. The minimum atomic E-state index is -0.183. The van der Waals surface area contributed by atoms with Gasteiger partial charge in [0, 0.05) is 49.4 Å². The van der Waals surface area contributed by atoms with Crippen molar-refractivity contribution in [3.8, 4) is 0 Å². The van der Waals surface area contributed by atoms with E-state index >= 15 is 0 Å². The number of amides is 3. The van der Waals surface area contributed by atoms with Crippen molar-refractivity contribution < 1.29 is 9.59 Å². The van der Waals surface area contributed by atoms with E-state index in [-0.39, 0.29) is 18.4 Å². The molecular formula is C27H30N4O2S. The molecule has 4 rings (SSSR count). The molecule has 0 unspecified atom stereocenters. The van der Waals surface area contributed by atoms with E-state index in [9.17, 15) is 9.59 Å². The molecule has 0 radical (unpaired) electrons. The minimum absolute atomic E-state index is 0.0546. The van der Waals surface area contributed by atoms with Crippen LogP contribution in [-0.2, 0) is 11.3 Å². The highest BCUT2D eigenvalue weighted by Gasteiger charge is 2.22. The summed E-state index contributed by atoms with van der Waals surface area (Å²) in [6.07, 6.45) is 1.09. The third-order valence-corrected chi connectivity index (χ3v) is 6.78. The number of rotatable bonds is 9.